The molecule has 0 atom stereocenters. The van der Waals surface area contributed by atoms with Crippen molar-refractivity contribution in [1.82, 2.24) is 14.5 Å². The average molecular weight is 389 g/mol. The number of amides is 1. The van der Waals surface area contributed by atoms with Crippen LogP contribution in [0.3, 0.4) is 0 Å². The number of nitrogens with zero attached hydrogens (tertiary/aromatic N) is 3. The Balaban J connectivity index is 1.69. The zero-order valence-electron chi connectivity index (χ0n) is 15.5. The first-order valence-electron chi connectivity index (χ1n) is 8.80. The van der Waals surface area contributed by atoms with Crippen LogP contribution in [0.1, 0.15) is 21.7 Å². The minimum atomic E-state index is -0.278. The second kappa shape index (κ2) is 7.66. The molecule has 0 aliphatic rings. The fourth-order valence-electron chi connectivity index (χ4n) is 2.82. The molecule has 0 unspecified atom stereocenters. The molecule has 2 N–H and O–H groups in total. The van der Waals surface area contributed by atoms with E-state index >= 15 is 0 Å². The van der Waals surface area contributed by atoms with Gasteiger partial charge in [-0.05, 0) is 38.1 Å². The Morgan fingerprint density at radius 2 is 1.86 bits per heavy atom. The molecule has 0 radical (unpaired) electrons. The van der Waals surface area contributed by atoms with Gasteiger partial charge in [0, 0.05) is 22.4 Å². The summed E-state index contributed by atoms with van der Waals surface area (Å²) in [7, 11) is 0. The van der Waals surface area contributed by atoms with E-state index < -0.39 is 0 Å². The second-order valence-electron chi connectivity index (χ2n) is 6.36. The van der Waals surface area contributed by atoms with Gasteiger partial charge in [0.2, 0.25) is 0 Å². The van der Waals surface area contributed by atoms with E-state index in [9.17, 15) is 4.79 Å². The van der Waals surface area contributed by atoms with E-state index in [4.69, 9.17) is 0 Å². The zero-order chi connectivity index (χ0) is 19.5. The third-order valence-electron chi connectivity index (χ3n) is 4.25. The lowest BCUT2D eigenvalue weighted by atomic mass is 10.2. The standard InChI is InChI=1S/C21H19N5OS/c1-14-8-10-16(11-9-14)24-20(27)18-19(23-13-22-18)25-21-26(15(2)12-28-21)17-6-4-3-5-7-17/h3-13H,1-2H3,(H,22,23)(H,24,27). The molecule has 6 nitrogen and oxygen atoms in total. The molecular weight excluding hydrogens is 370 g/mol. The third kappa shape index (κ3) is 3.65. The minimum absolute atomic E-state index is 0.278. The number of nitrogens with one attached hydrogen (secondary N) is 2. The fraction of sp³-hybridized carbons (Fsp3) is 0.0952. The van der Waals surface area contributed by atoms with Crippen LogP contribution in [0.15, 0.2) is 71.3 Å². The monoisotopic (exact) mass is 389 g/mol. The third-order valence-corrected chi connectivity index (χ3v) is 5.19. The summed E-state index contributed by atoms with van der Waals surface area (Å²) in [5, 5.41) is 4.91. The number of carbonyl (C=O) groups excluding carboxylic acids is 1. The summed E-state index contributed by atoms with van der Waals surface area (Å²) in [6, 6.07) is 17.6. The molecule has 140 valence electrons. The lowest BCUT2D eigenvalue weighted by molar-refractivity contribution is 0.102. The van der Waals surface area contributed by atoms with Crippen molar-refractivity contribution in [3.05, 3.63) is 88.1 Å². The summed E-state index contributed by atoms with van der Waals surface area (Å²) in [4.78, 5) is 25.2. The molecule has 0 aliphatic carbocycles. The molecule has 2 aromatic heterocycles. The first-order chi connectivity index (χ1) is 13.6. The topological polar surface area (TPSA) is 75.1 Å². The number of para-hydroxylation sites is 1. The van der Waals surface area contributed by atoms with Gasteiger partial charge < -0.3 is 10.3 Å². The van der Waals surface area contributed by atoms with Gasteiger partial charge in [-0.25, -0.2) is 4.98 Å². The van der Waals surface area contributed by atoms with Gasteiger partial charge in [-0.2, -0.15) is 4.99 Å². The molecule has 7 heteroatoms. The molecule has 1 amide bonds. The quantitative estimate of drug-likeness (QED) is 0.544. The normalized spacial score (nSPS) is 11.6. The number of hydrogen-bond donors (Lipinski definition) is 2. The molecule has 0 fully saturated rings. The van der Waals surface area contributed by atoms with Crippen LogP contribution in [0, 0.1) is 13.8 Å². The van der Waals surface area contributed by atoms with Crippen LogP contribution in [0.2, 0.25) is 0 Å². The fourth-order valence-corrected chi connectivity index (χ4v) is 3.70. The van der Waals surface area contributed by atoms with Crippen molar-refractivity contribution in [2.24, 2.45) is 4.99 Å². The molecule has 0 spiro atoms. The molecule has 0 saturated carbocycles. The summed E-state index contributed by atoms with van der Waals surface area (Å²) >= 11 is 1.51. The van der Waals surface area contributed by atoms with E-state index in [1.807, 2.05) is 78.4 Å². The van der Waals surface area contributed by atoms with Gasteiger partial charge in [0.25, 0.3) is 5.91 Å². The van der Waals surface area contributed by atoms with Gasteiger partial charge in [-0.3, -0.25) is 9.36 Å². The average Bonchev–Trinajstić information content (AvgIpc) is 3.31. The Morgan fingerprint density at radius 1 is 1.11 bits per heavy atom. The Hall–Kier alpha value is -3.45. The molecule has 0 bridgehead atoms. The number of aromatic amines is 1. The van der Waals surface area contributed by atoms with Crippen molar-refractivity contribution in [1.29, 1.82) is 0 Å². The molecule has 4 aromatic rings. The summed E-state index contributed by atoms with van der Waals surface area (Å²) in [5.74, 6) is 0.0794. The second-order valence-corrected chi connectivity index (χ2v) is 7.20. The highest BCUT2D eigenvalue weighted by Crippen LogP contribution is 2.17. The number of rotatable bonds is 4. The maximum absolute atomic E-state index is 12.7. The first-order valence-corrected chi connectivity index (χ1v) is 9.68. The van der Waals surface area contributed by atoms with Crippen molar-refractivity contribution >= 4 is 28.7 Å². The van der Waals surface area contributed by atoms with Gasteiger partial charge in [-0.15, -0.1) is 11.3 Å². The van der Waals surface area contributed by atoms with Crippen LogP contribution >= 0.6 is 11.3 Å². The Bertz CT molecular complexity index is 1170. The molecule has 2 heterocycles. The molecular formula is C21H19N5OS. The summed E-state index contributed by atoms with van der Waals surface area (Å²) in [6.45, 7) is 4.03. The van der Waals surface area contributed by atoms with E-state index in [2.05, 4.69) is 20.3 Å². The van der Waals surface area contributed by atoms with Crippen LogP contribution in [0.5, 0.6) is 0 Å². The number of H-pyrrole nitrogens is 1. The van der Waals surface area contributed by atoms with Crippen molar-refractivity contribution in [2.75, 3.05) is 5.32 Å². The van der Waals surface area contributed by atoms with Crippen molar-refractivity contribution < 1.29 is 4.79 Å². The first kappa shape index (κ1) is 17.9. The Kier molecular flexibility index (Phi) is 4.90. The van der Waals surface area contributed by atoms with Crippen LogP contribution in [0.4, 0.5) is 11.5 Å². The van der Waals surface area contributed by atoms with Crippen molar-refractivity contribution in [3.8, 4) is 5.69 Å². The van der Waals surface area contributed by atoms with Crippen LogP contribution in [-0.4, -0.2) is 20.4 Å². The zero-order valence-corrected chi connectivity index (χ0v) is 16.3. The van der Waals surface area contributed by atoms with Gasteiger partial charge in [0.15, 0.2) is 16.3 Å². The number of benzene rings is 2. The SMILES string of the molecule is Cc1ccc(NC(=O)c2[nH]cnc2N=c2scc(C)n2-c2ccccc2)cc1. The molecule has 28 heavy (non-hydrogen) atoms. The smallest absolute Gasteiger partial charge is 0.276 e. The number of anilines is 1. The highest BCUT2D eigenvalue weighted by Gasteiger charge is 2.15. The number of thiazole rings is 1. The number of carbonyl (C=O) groups is 1. The lowest BCUT2D eigenvalue weighted by Crippen LogP contribution is -2.15. The predicted molar refractivity (Wildman–Crippen MR) is 111 cm³/mol. The number of imidazole rings is 1. The van der Waals surface area contributed by atoms with Gasteiger partial charge in [0.05, 0.1) is 6.33 Å². The Labute approximate surface area is 166 Å². The largest absolute Gasteiger partial charge is 0.339 e. The van der Waals surface area contributed by atoms with Gasteiger partial charge >= 0.3 is 0 Å². The minimum Gasteiger partial charge on any atom is -0.339 e. The van der Waals surface area contributed by atoms with Crippen molar-refractivity contribution in [3.63, 3.8) is 0 Å². The van der Waals surface area contributed by atoms with Gasteiger partial charge in [0.1, 0.15) is 0 Å². The highest BCUT2D eigenvalue weighted by molar-refractivity contribution is 7.07. The highest BCUT2D eigenvalue weighted by atomic mass is 32.1. The van der Waals surface area contributed by atoms with Crippen LogP contribution in [-0.2, 0) is 0 Å². The number of hydrogen-bond acceptors (Lipinski definition) is 4. The summed E-state index contributed by atoms with van der Waals surface area (Å²) in [5.41, 5.74) is 4.26. The van der Waals surface area contributed by atoms with E-state index in [-0.39, 0.29) is 5.91 Å². The molecule has 2 aromatic carbocycles. The Morgan fingerprint density at radius 3 is 2.61 bits per heavy atom. The van der Waals surface area contributed by atoms with Gasteiger partial charge in [-0.1, -0.05) is 35.9 Å². The number of aromatic nitrogens is 3. The molecule has 0 saturated heterocycles. The van der Waals surface area contributed by atoms with Crippen LogP contribution in [0.25, 0.3) is 5.69 Å². The van der Waals surface area contributed by atoms with E-state index in [1.165, 1.54) is 17.7 Å². The lowest BCUT2D eigenvalue weighted by Gasteiger charge is -2.06. The van der Waals surface area contributed by atoms with E-state index in [0.717, 1.165) is 27.4 Å². The number of aryl methyl sites for hydroxylation is 2. The maximum atomic E-state index is 12.7. The van der Waals surface area contributed by atoms with Crippen LogP contribution < -0.4 is 10.1 Å². The predicted octanol–water partition coefficient (Wildman–Crippen LogP) is 4.36. The molecule has 4 rings (SSSR count). The van der Waals surface area contributed by atoms with E-state index in [1.54, 1.807) is 0 Å². The van der Waals surface area contributed by atoms with Crippen molar-refractivity contribution in [2.45, 2.75) is 13.8 Å². The summed E-state index contributed by atoms with van der Waals surface area (Å²) in [6.07, 6.45) is 1.48. The summed E-state index contributed by atoms with van der Waals surface area (Å²) < 4.78 is 2.04. The molecule has 0 aliphatic heterocycles. The maximum Gasteiger partial charge on any atom is 0.276 e. The van der Waals surface area contributed by atoms with E-state index in [0.29, 0.717) is 11.5 Å².